The van der Waals surface area contributed by atoms with Crippen LogP contribution in [0.2, 0.25) is 0 Å². The minimum Gasteiger partial charge on any atom is -0.480 e. The molecule has 3 fully saturated rings. The van der Waals surface area contributed by atoms with Crippen LogP contribution in [0.5, 0.6) is 0 Å². The van der Waals surface area contributed by atoms with Crippen molar-refractivity contribution in [1.29, 1.82) is 0 Å². The van der Waals surface area contributed by atoms with Crippen LogP contribution in [0.25, 0.3) is 0 Å². The number of urea groups is 1. The second-order valence-electron chi connectivity index (χ2n) is 8.63. The largest absolute Gasteiger partial charge is 0.480 e. The molecule has 8 heteroatoms. The predicted octanol–water partition coefficient (Wildman–Crippen LogP) is 2.62. The van der Waals surface area contributed by atoms with Gasteiger partial charge in [0, 0.05) is 31.1 Å². The molecule has 0 aromatic carbocycles. The molecular weight excluding hydrogens is 358 g/mol. The molecule has 1 heterocycles. The number of rotatable bonds is 10. The number of nitrogens with zero attached hydrogens (tertiary/aromatic N) is 3. The summed E-state index contributed by atoms with van der Waals surface area (Å²) in [6, 6.07) is 0.181. The molecule has 3 aliphatic carbocycles. The van der Waals surface area contributed by atoms with E-state index in [-0.39, 0.29) is 24.7 Å². The van der Waals surface area contributed by atoms with Crippen LogP contribution in [-0.4, -0.2) is 57.0 Å². The van der Waals surface area contributed by atoms with Crippen molar-refractivity contribution in [2.24, 2.45) is 5.92 Å². The maximum atomic E-state index is 12.5. The number of aryl methyl sites for hydroxylation is 1. The fraction of sp³-hybridized carbons (Fsp3) is 0.750. The van der Waals surface area contributed by atoms with Gasteiger partial charge in [0.15, 0.2) is 0 Å². The minimum atomic E-state index is -0.772. The first-order chi connectivity index (χ1) is 13.5. The Bertz CT molecular complexity index is 719. The lowest BCUT2D eigenvalue weighted by Crippen LogP contribution is -2.55. The van der Waals surface area contributed by atoms with E-state index in [1.165, 1.54) is 12.8 Å². The molecular formula is C20H31N5O3. The highest BCUT2D eigenvalue weighted by molar-refractivity contribution is 5.90. The Hall–Kier alpha value is -2.09. The Morgan fingerprint density at radius 1 is 1.29 bits per heavy atom. The zero-order valence-corrected chi connectivity index (χ0v) is 16.6. The molecule has 0 unspecified atom stereocenters. The first-order valence-electron chi connectivity index (χ1n) is 10.6. The first-order valence-corrected chi connectivity index (χ1v) is 10.6. The van der Waals surface area contributed by atoms with Crippen LogP contribution in [0, 0.1) is 5.92 Å². The first kappa shape index (κ1) is 19.2. The zero-order chi connectivity index (χ0) is 19.7. The monoisotopic (exact) mass is 389 g/mol. The van der Waals surface area contributed by atoms with E-state index < -0.39 is 5.97 Å². The highest BCUT2D eigenvalue weighted by Crippen LogP contribution is 2.43. The van der Waals surface area contributed by atoms with Gasteiger partial charge in [0.05, 0.1) is 24.1 Å². The number of amides is 2. The van der Waals surface area contributed by atoms with Crippen LogP contribution >= 0.6 is 0 Å². The fourth-order valence-corrected chi connectivity index (χ4v) is 4.16. The van der Waals surface area contributed by atoms with Crippen molar-refractivity contribution in [3.05, 3.63) is 11.9 Å². The molecule has 1 aromatic heterocycles. The predicted molar refractivity (Wildman–Crippen MR) is 105 cm³/mol. The van der Waals surface area contributed by atoms with Crippen molar-refractivity contribution in [3.63, 3.8) is 0 Å². The Morgan fingerprint density at radius 2 is 2.04 bits per heavy atom. The number of nitrogens with one attached hydrogen (secondary N) is 2. The zero-order valence-electron chi connectivity index (χ0n) is 16.6. The second-order valence-corrected chi connectivity index (χ2v) is 8.63. The van der Waals surface area contributed by atoms with Crippen molar-refractivity contribution >= 4 is 17.7 Å². The number of carboxylic acids is 1. The van der Waals surface area contributed by atoms with Crippen LogP contribution in [0.3, 0.4) is 0 Å². The Balaban J connectivity index is 1.27. The Labute approximate surface area is 165 Å². The minimum absolute atomic E-state index is 0.0987. The smallest absolute Gasteiger partial charge is 0.319 e. The van der Waals surface area contributed by atoms with Crippen molar-refractivity contribution in [1.82, 2.24) is 20.0 Å². The molecule has 8 nitrogen and oxygen atoms in total. The molecule has 0 spiro atoms. The van der Waals surface area contributed by atoms with Crippen LogP contribution in [0.15, 0.2) is 6.20 Å². The van der Waals surface area contributed by atoms with Crippen molar-refractivity contribution in [2.75, 3.05) is 18.4 Å². The van der Waals surface area contributed by atoms with E-state index in [1.807, 2.05) is 4.68 Å². The second kappa shape index (κ2) is 8.11. The van der Waals surface area contributed by atoms with Crippen molar-refractivity contribution < 1.29 is 14.7 Å². The summed E-state index contributed by atoms with van der Waals surface area (Å²) < 4.78 is 2.02. The maximum Gasteiger partial charge on any atom is 0.319 e. The summed E-state index contributed by atoms with van der Waals surface area (Å²) in [7, 11) is 0. The van der Waals surface area contributed by atoms with Gasteiger partial charge in [0.25, 0.3) is 0 Å². The van der Waals surface area contributed by atoms with E-state index in [0.717, 1.165) is 56.6 Å². The van der Waals surface area contributed by atoms with Crippen LogP contribution in [-0.2, 0) is 11.3 Å². The van der Waals surface area contributed by atoms with E-state index in [0.29, 0.717) is 11.8 Å². The standard InChI is InChI=1S/C20H31N5O3/c1-2-7-25-19(14-5-6-14)17(10-21-25)23-20(28)22-15-8-16(9-15)24(12-18(26)27)11-13-3-4-13/h10,13-16H,2-9,11-12H2,1H3,(H,26,27)(H2,22,23,28). The maximum absolute atomic E-state index is 12.5. The molecule has 3 N–H and O–H groups in total. The summed E-state index contributed by atoms with van der Waals surface area (Å²) in [5.74, 6) is 0.408. The molecule has 0 saturated heterocycles. The van der Waals surface area contributed by atoms with Gasteiger partial charge in [-0.15, -0.1) is 0 Å². The van der Waals surface area contributed by atoms with E-state index >= 15 is 0 Å². The third-order valence-corrected chi connectivity index (χ3v) is 6.02. The average molecular weight is 390 g/mol. The van der Waals surface area contributed by atoms with Crippen LogP contribution in [0.4, 0.5) is 10.5 Å². The summed E-state index contributed by atoms with van der Waals surface area (Å²) in [5, 5.41) is 19.6. The topological polar surface area (TPSA) is 99.5 Å². The van der Waals surface area contributed by atoms with Gasteiger partial charge in [0.2, 0.25) is 0 Å². The number of carboxylic acid groups (broad SMARTS) is 1. The Morgan fingerprint density at radius 3 is 2.64 bits per heavy atom. The quantitative estimate of drug-likeness (QED) is 0.571. The summed E-state index contributed by atoms with van der Waals surface area (Å²) in [6.45, 7) is 3.97. The van der Waals surface area contributed by atoms with Gasteiger partial charge in [-0.3, -0.25) is 14.4 Å². The summed E-state index contributed by atoms with van der Waals surface area (Å²) >= 11 is 0. The highest BCUT2D eigenvalue weighted by Gasteiger charge is 2.38. The third-order valence-electron chi connectivity index (χ3n) is 6.02. The van der Waals surface area contributed by atoms with Crippen LogP contribution in [0.1, 0.15) is 63.5 Å². The molecule has 2 amide bonds. The third kappa shape index (κ3) is 4.66. The molecule has 0 bridgehead atoms. The number of carbonyl (C=O) groups is 2. The van der Waals surface area contributed by atoms with E-state index in [9.17, 15) is 9.59 Å². The Kier molecular flexibility index (Phi) is 5.57. The van der Waals surface area contributed by atoms with Crippen LogP contribution < -0.4 is 10.6 Å². The molecule has 28 heavy (non-hydrogen) atoms. The normalized spacial score (nSPS) is 24.1. The van der Waals surface area contributed by atoms with E-state index in [2.05, 4.69) is 27.6 Å². The molecule has 0 atom stereocenters. The number of anilines is 1. The molecule has 0 aliphatic heterocycles. The molecule has 154 valence electrons. The summed E-state index contributed by atoms with van der Waals surface area (Å²) in [4.78, 5) is 25.7. The van der Waals surface area contributed by atoms with Crippen molar-refractivity contribution in [3.8, 4) is 0 Å². The highest BCUT2D eigenvalue weighted by atomic mass is 16.4. The SMILES string of the molecule is CCCn1ncc(NC(=O)NC2CC(N(CC(=O)O)CC3CC3)C2)c1C1CC1. The lowest BCUT2D eigenvalue weighted by molar-refractivity contribution is -0.139. The number of hydrogen-bond acceptors (Lipinski definition) is 4. The molecule has 4 rings (SSSR count). The number of carbonyl (C=O) groups excluding carboxylic acids is 1. The van der Waals surface area contributed by atoms with E-state index in [4.69, 9.17) is 5.11 Å². The average Bonchev–Trinajstić information content (AvgIpc) is 3.52. The lowest BCUT2D eigenvalue weighted by atomic mass is 9.85. The number of aliphatic carboxylic acids is 1. The van der Waals surface area contributed by atoms with Gasteiger partial charge in [-0.05, 0) is 50.9 Å². The summed E-state index contributed by atoms with van der Waals surface area (Å²) in [5.41, 5.74) is 1.98. The molecule has 3 saturated carbocycles. The fourth-order valence-electron chi connectivity index (χ4n) is 4.16. The summed E-state index contributed by atoms with van der Waals surface area (Å²) in [6.07, 6.45) is 9.16. The van der Waals surface area contributed by atoms with Gasteiger partial charge in [0.1, 0.15) is 0 Å². The lowest BCUT2D eigenvalue weighted by Gasteiger charge is -2.42. The number of hydrogen-bond donors (Lipinski definition) is 3. The van der Waals surface area contributed by atoms with E-state index in [1.54, 1.807) is 6.20 Å². The molecule has 1 aromatic rings. The van der Waals surface area contributed by atoms with Gasteiger partial charge in [-0.1, -0.05) is 6.92 Å². The van der Waals surface area contributed by atoms with Gasteiger partial charge in [-0.2, -0.15) is 5.10 Å². The van der Waals surface area contributed by atoms with Crippen molar-refractivity contribution in [2.45, 2.75) is 76.4 Å². The van der Waals surface area contributed by atoms with Gasteiger partial charge in [-0.25, -0.2) is 4.79 Å². The van der Waals surface area contributed by atoms with Gasteiger partial charge >= 0.3 is 12.0 Å². The molecule has 0 radical (unpaired) electrons. The van der Waals surface area contributed by atoms with Gasteiger partial charge < -0.3 is 15.7 Å². The molecule has 3 aliphatic rings. The number of aromatic nitrogens is 2.